The maximum atomic E-state index is 14.7. The molecule has 0 aliphatic carbocycles. The molecule has 1 fully saturated rings. The van der Waals surface area contributed by atoms with E-state index in [0.29, 0.717) is 28.1 Å². The van der Waals surface area contributed by atoms with E-state index in [-0.39, 0.29) is 42.3 Å². The normalized spacial score (nSPS) is 19.3. The second-order valence-corrected chi connectivity index (χ2v) is 13.4. The highest BCUT2D eigenvalue weighted by atomic mass is 32.2. The van der Waals surface area contributed by atoms with Crippen LogP contribution in [0.2, 0.25) is 0 Å². The predicted molar refractivity (Wildman–Crippen MR) is 160 cm³/mol. The topological polar surface area (TPSA) is 120 Å². The third-order valence-corrected chi connectivity index (χ3v) is 10.2. The van der Waals surface area contributed by atoms with Gasteiger partial charge in [0.25, 0.3) is 0 Å². The number of carbonyl (C=O) groups is 1. The van der Waals surface area contributed by atoms with Gasteiger partial charge < -0.3 is 19.9 Å². The minimum absolute atomic E-state index is 0.129. The van der Waals surface area contributed by atoms with Crippen molar-refractivity contribution in [2.45, 2.75) is 101 Å². The maximum Gasteiger partial charge on any atom is 0.305 e. The summed E-state index contributed by atoms with van der Waals surface area (Å²) in [5, 5.41) is 29.9. The molecule has 1 saturated heterocycles. The Morgan fingerprint density at radius 3 is 2.10 bits per heavy atom. The summed E-state index contributed by atoms with van der Waals surface area (Å²) in [6.45, 7) is 7.90. The van der Waals surface area contributed by atoms with Crippen LogP contribution in [0.25, 0.3) is 22.4 Å². The van der Waals surface area contributed by atoms with Crippen molar-refractivity contribution in [3.8, 4) is 22.4 Å². The van der Waals surface area contributed by atoms with Gasteiger partial charge in [-0.2, -0.15) is 4.31 Å². The van der Waals surface area contributed by atoms with Crippen LogP contribution in [0.3, 0.4) is 0 Å². The summed E-state index contributed by atoms with van der Waals surface area (Å²) < 4.78 is 47.0. The lowest BCUT2D eigenvalue weighted by molar-refractivity contribution is -0.139. The van der Waals surface area contributed by atoms with Gasteiger partial charge in [-0.05, 0) is 80.8 Å². The Morgan fingerprint density at radius 2 is 1.55 bits per heavy atom. The molecule has 0 saturated carbocycles. The van der Waals surface area contributed by atoms with Crippen LogP contribution in [-0.4, -0.2) is 62.9 Å². The van der Waals surface area contributed by atoms with Crippen molar-refractivity contribution in [2.24, 2.45) is 0 Å². The number of halogens is 1. The summed E-state index contributed by atoms with van der Waals surface area (Å²) in [5.41, 5.74) is 3.03. The molecule has 0 radical (unpaired) electrons. The van der Waals surface area contributed by atoms with E-state index in [9.17, 15) is 27.8 Å². The summed E-state index contributed by atoms with van der Waals surface area (Å²) in [5.74, 6) is -1.82. The molecule has 4 rings (SSSR count). The first-order valence-corrected chi connectivity index (χ1v) is 16.0. The molecule has 0 unspecified atom stereocenters. The van der Waals surface area contributed by atoms with Crippen LogP contribution in [-0.2, 0) is 21.4 Å². The highest BCUT2D eigenvalue weighted by molar-refractivity contribution is 7.89. The number of carboxylic acids is 1. The predicted octanol–water partition coefficient (Wildman–Crippen LogP) is 5.62. The van der Waals surface area contributed by atoms with Crippen molar-refractivity contribution in [3.05, 3.63) is 66.1 Å². The summed E-state index contributed by atoms with van der Waals surface area (Å²) in [7, 11) is -4.01. The summed E-state index contributed by atoms with van der Waals surface area (Å²) >= 11 is 0. The Hall–Kier alpha value is -3.05. The first-order valence-electron chi connectivity index (χ1n) is 14.5. The van der Waals surface area contributed by atoms with E-state index in [1.807, 2.05) is 62.6 Å². The zero-order valence-corrected chi connectivity index (χ0v) is 25.4. The molecular weight excluding hydrogens is 559 g/mol. The molecule has 1 aromatic heterocycles. The summed E-state index contributed by atoms with van der Waals surface area (Å²) in [6.07, 6.45) is -1.19. The van der Waals surface area contributed by atoms with Crippen LogP contribution in [0.4, 0.5) is 4.39 Å². The Kier molecular flexibility index (Phi) is 9.92. The fraction of sp³-hybridized carbons (Fsp3) is 0.469. The van der Waals surface area contributed by atoms with Gasteiger partial charge in [-0.15, -0.1) is 0 Å². The van der Waals surface area contributed by atoms with Crippen LogP contribution < -0.4 is 0 Å². The van der Waals surface area contributed by atoms with Crippen LogP contribution >= 0.6 is 0 Å². The summed E-state index contributed by atoms with van der Waals surface area (Å²) in [6, 6.07) is 14.9. The molecule has 0 amide bonds. The zero-order valence-electron chi connectivity index (χ0n) is 24.6. The van der Waals surface area contributed by atoms with Gasteiger partial charge in [-0.25, -0.2) is 12.8 Å². The molecule has 228 valence electrons. The van der Waals surface area contributed by atoms with Crippen LogP contribution in [0.1, 0.15) is 71.4 Å². The van der Waals surface area contributed by atoms with Crippen molar-refractivity contribution < 1.29 is 32.9 Å². The Labute approximate surface area is 247 Å². The molecule has 0 bridgehead atoms. The monoisotopic (exact) mass is 600 g/mol. The van der Waals surface area contributed by atoms with E-state index in [4.69, 9.17) is 5.11 Å². The highest BCUT2D eigenvalue weighted by Gasteiger charge is 2.43. The molecule has 42 heavy (non-hydrogen) atoms. The third-order valence-electron chi connectivity index (χ3n) is 8.03. The van der Waals surface area contributed by atoms with Gasteiger partial charge in [0.05, 0.1) is 24.3 Å². The minimum atomic E-state index is -4.01. The van der Waals surface area contributed by atoms with E-state index in [2.05, 4.69) is 0 Å². The average Bonchev–Trinajstić information content (AvgIpc) is 3.45. The SMILES string of the molecule is CC(C)c1c(S(=O)(=O)N2[C@@H](C)CC[C@@H]2C)c(-c2ccccc2)c(-c2ccc(F)cc2)n1CC[C@@H](O)C[C@@H](O)CC(=O)O. The molecule has 10 heteroatoms. The van der Waals surface area contributed by atoms with Gasteiger partial charge in [-0.1, -0.05) is 44.2 Å². The number of hydrogen-bond acceptors (Lipinski definition) is 5. The number of aromatic nitrogens is 1. The van der Waals surface area contributed by atoms with Gasteiger partial charge >= 0.3 is 5.97 Å². The molecule has 3 N–H and O–H groups in total. The lowest BCUT2D eigenvalue weighted by Crippen LogP contribution is -2.39. The second kappa shape index (κ2) is 13.1. The number of aliphatic hydroxyl groups excluding tert-OH is 2. The van der Waals surface area contributed by atoms with E-state index >= 15 is 0 Å². The maximum absolute atomic E-state index is 14.7. The largest absolute Gasteiger partial charge is 0.481 e. The number of nitrogens with zero attached hydrogens (tertiary/aromatic N) is 2. The van der Waals surface area contributed by atoms with Crippen molar-refractivity contribution in [2.75, 3.05) is 0 Å². The van der Waals surface area contributed by atoms with Gasteiger partial charge in [0.15, 0.2) is 0 Å². The standard InChI is InChI=1S/C32H41FN2O6S/c1-20(2)30-32(42(40,41)35-21(3)10-11-22(35)4)29(23-8-6-5-7-9-23)31(24-12-14-25(33)15-13-24)34(30)17-16-26(36)18-27(37)19-28(38)39/h5-9,12-15,20-22,26-27,36-37H,10-11,16-19H2,1-4H3,(H,38,39)/t21-,22-,26+,27+/m0/s1. The second-order valence-electron chi connectivity index (χ2n) is 11.7. The highest BCUT2D eigenvalue weighted by Crippen LogP contribution is 2.47. The van der Waals surface area contributed by atoms with E-state index in [1.165, 1.54) is 12.1 Å². The quantitative estimate of drug-likeness (QED) is 0.248. The van der Waals surface area contributed by atoms with E-state index in [0.717, 1.165) is 12.8 Å². The van der Waals surface area contributed by atoms with Gasteiger partial charge in [0.2, 0.25) is 10.0 Å². The van der Waals surface area contributed by atoms with Crippen LogP contribution in [0.15, 0.2) is 59.5 Å². The fourth-order valence-corrected chi connectivity index (χ4v) is 8.66. The van der Waals surface area contributed by atoms with Crippen molar-refractivity contribution in [3.63, 3.8) is 0 Å². The molecule has 1 aliphatic heterocycles. The first-order chi connectivity index (χ1) is 19.8. The Bertz CT molecular complexity index is 1480. The number of sulfonamides is 1. The molecule has 4 atom stereocenters. The molecular formula is C32H41FN2O6S. The van der Waals surface area contributed by atoms with Gasteiger partial charge in [-0.3, -0.25) is 4.79 Å². The molecule has 3 aromatic rings. The lowest BCUT2D eigenvalue weighted by atomic mass is 10.0. The van der Waals surface area contributed by atoms with E-state index < -0.39 is 40.4 Å². The number of benzene rings is 2. The minimum Gasteiger partial charge on any atom is -0.481 e. The Morgan fingerprint density at radius 1 is 0.952 bits per heavy atom. The van der Waals surface area contributed by atoms with Crippen LogP contribution in [0.5, 0.6) is 0 Å². The number of rotatable bonds is 12. The van der Waals surface area contributed by atoms with Crippen LogP contribution in [0, 0.1) is 5.82 Å². The molecule has 1 aliphatic rings. The number of aliphatic carboxylic acids is 1. The van der Waals surface area contributed by atoms with Gasteiger partial charge in [0, 0.05) is 29.9 Å². The summed E-state index contributed by atoms with van der Waals surface area (Å²) in [4.78, 5) is 11.2. The van der Waals surface area contributed by atoms with E-state index in [1.54, 1.807) is 16.4 Å². The van der Waals surface area contributed by atoms with Crippen molar-refractivity contribution in [1.82, 2.24) is 8.87 Å². The van der Waals surface area contributed by atoms with Gasteiger partial charge in [0.1, 0.15) is 10.7 Å². The lowest BCUT2D eigenvalue weighted by Gasteiger charge is -2.27. The number of aliphatic hydroxyl groups is 2. The van der Waals surface area contributed by atoms with Crippen molar-refractivity contribution in [1.29, 1.82) is 0 Å². The van der Waals surface area contributed by atoms with Crippen molar-refractivity contribution >= 4 is 16.0 Å². The number of carboxylic acid groups (broad SMARTS) is 1. The molecule has 2 heterocycles. The molecule has 2 aromatic carbocycles. The Balaban J connectivity index is 1.98. The zero-order chi connectivity index (χ0) is 30.8. The molecule has 0 spiro atoms. The first kappa shape index (κ1) is 31.9. The third kappa shape index (κ3) is 6.62. The fourth-order valence-electron chi connectivity index (χ4n) is 6.21. The average molecular weight is 601 g/mol. The smallest absolute Gasteiger partial charge is 0.305 e. The molecule has 8 nitrogen and oxygen atoms in total. The number of hydrogen-bond donors (Lipinski definition) is 3.